The third kappa shape index (κ3) is 2.22. The highest BCUT2D eigenvalue weighted by molar-refractivity contribution is 6.31. The Morgan fingerprint density at radius 1 is 1.41 bits per heavy atom. The van der Waals surface area contributed by atoms with Gasteiger partial charge in [0.05, 0.1) is 0 Å². The number of fused-ring (bicyclic) bond motifs is 1. The van der Waals surface area contributed by atoms with Crippen molar-refractivity contribution in [2.75, 3.05) is 19.8 Å². The van der Waals surface area contributed by atoms with Gasteiger partial charge in [-0.25, -0.2) is 0 Å². The fourth-order valence-electron chi connectivity index (χ4n) is 2.21. The molecule has 0 saturated carbocycles. The number of ether oxygens (including phenoxy) is 2. The van der Waals surface area contributed by atoms with Gasteiger partial charge in [0.25, 0.3) is 0 Å². The number of halogens is 1. The van der Waals surface area contributed by atoms with E-state index in [0.717, 1.165) is 23.3 Å². The maximum absolute atomic E-state index is 9.31. The number of hydrogen-bond donors (Lipinski definition) is 1. The smallest absolute Gasteiger partial charge is 0.164 e. The molecular weight excluding hydrogens is 240 g/mol. The zero-order valence-corrected chi connectivity index (χ0v) is 10.9. The minimum absolute atomic E-state index is 0.00766. The molecule has 0 aliphatic carbocycles. The number of aliphatic hydroxyl groups excluding tert-OH is 1. The van der Waals surface area contributed by atoms with Crippen molar-refractivity contribution in [3.05, 3.63) is 22.2 Å². The molecule has 1 heterocycles. The van der Waals surface area contributed by atoms with Crippen LogP contribution in [0, 0.1) is 0 Å². The fourth-order valence-corrected chi connectivity index (χ4v) is 2.61. The molecule has 1 atom stereocenters. The van der Waals surface area contributed by atoms with Crippen LogP contribution in [0.1, 0.15) is 30.9 Å². The normalized spacial score (nSPS) is 15.8. The Morgan fingerprint density at radius 2 is 2.12 bits per heavy atom. The molecule has 0 fully saturated rings. The molecule has 3 nitrogen and oxygen atoms in total. The number of benzene rings is 1. The molecule has 17 heavy (non-hydrogen) atoms. The first kappa shape index (κ1) is 12.5. The van der Waals surface area contributed by atoms with Crippen molar-refractivity contribution in [1.82, 2.24) is 0 Å². The molecule has 1 aromatic rings. The third-order valence-electron chi connectivity index (χ3n) is 3.05. The zero-order chi connectivity index (χ0) is 12.4. The van der Waals surface area contributed by atoms with Gasteiger partial charge in [0.15, 0.2) is 11.5 Å². The molecule has 0 saturated heterocycles. The lowest BCUT2D eigenvalue weighted by atomic mass is 9.93. The van der Waals surface area contributed by atoms with Gasteiger partial charge in [0.2, 0.25) is 0 Å². The molecule has 1 N–H and O–H groups in total. The molecule has 1 aliphatic heterocycles. The Kier molecular flexibility index (Phi) is 3.79. The van der Waals surface area contributed by atoms with E-state index in [0.29, 0.717) is 24.0 Å². The van der Waals surface area contributed by atoms with Crippen molar-refractivity contribution in [3.63, 3.8) is 0 Å². The van der Waals surface area contributed by atoms with E-state index in [4.69, 9.17) is 21.1 Å². The van der Waals surface area contributed by atoms with Crippen LogP contribution < -0.4 is 9.47 Å². The van der Waals surface area contributed by atoms with E-state index < -0.39 is 0 Å². The van der Waals surface area contributed by atoms with E-state index in [1.807, 2.05) is 6.92 Å². The summed E-state index contributed by atoms with van der Waals surface area (Å²) in [7, 11) is 0. The van der Waals surface area contributed by atoms with Crippen molar-refractivity contribution in [2.45, 2.75) is 26.2 Å². The van der Waals surface area contributed by atoms with Crippen LogP contribution in [0.15, 0.2) is 6.07 Å². The minimum atomic E-state index is 0.00766. The summed E-state index contributed by atoms with van der Waals surface area (Å²) in [5.74, 6) is 1.51. The Labute approximate surface area is 106 Å². The van der Waals surface area contributed by atoms with Crippen molar-refractivity contribution in [2.24, 2.45) is 0 Å². The van der Waals surface area contributed by atoms with Crippen molar-refractivity contribution < 1.29 is 14.6 Å². The topological polar surface area (TPSA) is 38.7 Å². The second kappa shape index (κ2) is 5.15. The van der Waals surface area contributed by atoms with E-state index in [1.165, 1.54) is 0 Å². The highest BCUT2D eigenvalue weighted by atomic mass is 35.5. The molecular formula is C13H17ClO3. The molecule has 2 rings (SSSR count). The van der Waals surface area contributed by atoms with Crippen LogP contribution in [0.4, 0.5) is 0 Å². The lowest BCUT2D eigenvalue weighted by Gasteiger charge is -2.25. The summed E-state index contributed by atoms with van der Waals surface area (Å²) in [6, 6.07) is 1.79. The molecule has 0 bridgehead atoms. The predicted molar refractivity (Wildman–Crippen MR) is 67.3 cm³/mol. The lowest BCUT2D eigenvalue weighted by molar-refractivity contribution is 0.169. The summed E-state index contributed by atoms with van der Waals surface area (Å²) >= 11 is 6.27. The van der Waals surface area contributed by atoms with Gasteiger partial charge in [-0.15, -0.1) is 0 Å². The molecule has 0 spiro atoms. The summed E-state index contributed by atoms with van der Waals surface area (Å²) in [6.07, 6.45) is 0.811. The van der Waals surface area contributed by atoms with Crippen LogP contribution in [0.3, 0.4) is 0 Å². The average Bonchev–Trinajstić information content (AvgIpc) is 2.36. The summed E-state index contributed by atoms with van der Waals surface area (Å²) < 4.78 is 11.2. The van der Waals surface area contributed by atoms with Gasteiger partial charge in [-0.3, -0.25) is 0 Å². The van der Waals surface area contributed by atoms with Gasteiger partial charge in [0.1, 0.15) is 13.2 Å². The summed E-state index contributed by atoms with van der Waals surface area (Å²) in [4.78, 5) is 0. The van der Waals surface area contributed by atoms with Crippen molar-refractivity contribution in [1.29, 1.82) is 0 Å². The zero-order valence-electron chi connectivity index (χ0n) is 10.1. The molecule has 0 aromatic heterocycles. The summed E-state index contributed by atoms with van der Waals surface area (Å²) in [5, 5.41) is 9.95. The van der Waals surface area contributed by atoms with Gasteiger partial charge in [-0.1, -0.05) is 25.4 Å². The van der Waals surface area contributed by atoms with Crippen LogP contribution >= 0.6 is 11.6 Å². The Morgan fingerprint density at radius 3 is 2.76 bits per heavy atom. The predicted octanol–water partition coefficient (Wildman–Crippen LogP) is 2.77. The fraction of sp³-hybridized carbons (Fsp3) is 0.538. The Bertz CT molecular complexity index is 418. The maximum atomic E-state index is 9.31. The van der Waals surface area contributed by atoms with E-state index in [9.17, 15) is 5.11 Å². The monoisotopic (exact) mass is 256 g/mol. The van der Waals surface area contributed by atoms with Gasteiger partial charge < -0.3 is 14.6 Å². The molecule has 4 heteroatoms. The standard InChI is InChI=1S/C13H17ClO3/c1-3-9-12(8(2)7-15)10(14)6-11-13(9)17-5-4-16-11/h6,8,15H,3-5,7H2,1-2H3. The molecule has 0 amide bonds. The van der Waals surface area contributed by atoms with Crippen LogP contribution in [-0.2, 0) is 6.42 Å². The summed E-state index contributed by atoms with van der Waals surface area (Å²) in [5.41, 5.74) is 2.02. The van der Waals surface area contributed by atoms with Gasteiger partial charge in [-0.05, 0) is 12.0 Å². The van der Waals surface area contributed by atoms with Crippen LogP contribution in [-0.4, -0.2) is 24.9 Å². The van der Waals surface area contributed by atoms with Gasteiger partial charge >= 0.3 is 0 Å². The van der Waals surface area contributed by atoms with E-state index in [-0.39, 0.29) is 12.5 Å². The molecule has 1 aliphatic rings. The first-order valence-corrected chi connectivity index (χ1v) is 6.28. The SMILES string of the molecule is CCc1c2c(cc(Cl)c1C(C)CO)OCCO2. The quantitative estimate of drug-likeness (QED) is 0.904. The first-order valence-electron chi connectivity index (χ1n) is 5.90. The van der Waals surface area contributed by atoms with Gasteiger partial charge in [-0.2, -0.15) is 0 Å². The molecule has 0 radical (unpaired) electrons. The largest absolute Gasteiger partial charge is 0.486 e. The van der Waals surface area contributed by atoms with E-state index in [2.05, 4.69) is 6.92 Å². The summed E-state index contributed by atoms with van der Waals surface area (Å²) in [6.45, 7) is 5.20. The number of hydrogen-bond acceptors (Lipinski definition) is 3. The Hall–Kier alpha value is -0.930. The number of rotatable bonds is 3. The van der Waals surface area contributed by atoms with Crippen molar-refractivity contribution >= 4 is 11.6 Å². The van der Waals surface area contributed by atoms with Crippen LogP contribution in [0.25, 0.3) is 0 Å². The highest BCUT2D eigenvalue weighted by Gasteiger charge is 2.23. The number of aliphatic hydroxyl groups is 1. The second-order valence-corrected chi connectivity index (χ2v) is 4.62. The third-order valence-corrected chi connectivity index (χ3v) is 3.36. The van der Waals surface area contributed by atoms with E-state index >= 15 is 0 Å². The molecule has 1 aromatic carbocycles. The van der Waals surface area contributed by atoms with Crippen LogP contribution in [0.5, 0.6) is 11.5 Å². The maximum Gasteiger partial charge on any atom is 0.164 e. The molecule has 1 unspecified atom stereocenters. The molecule has 94 valence electrons. The average molecular weight is 257 g/mol. The van der Waals surface area contributed by atoms with Crippen LogP contribution in [0.2, 0.25) is 5.02 Å². The minimum Gasteiger partial charge on any atom is -0.486 e. The van der Waals surface area contributed by atoms with E-state index in [1.54, 1.807) is 6.07 Å². The van der Waals surface area contributed by atoms with Crippen molar-refractivity contribution in [3.8, 4) is 11.5 Å². The second-order valence-electron chi connectivity index (χ2n) is 4.21. The first-order chi connectivity index (χ1) is 8.19. The highest BCUT2D eigenvalue weighted by Crippen LogP contribution is 2.42. The van der Waals surface area contributed by atoms with Gasteiger partial charge in [0, 0.05) is 29.2 Å². The lowest BCUT2D eigenvalue weighted by Crippen LogP contribution is -2.18. The Balaban J connectivity index is 2.58.